The monoisotopic (exact) mass is 234 g/mol. The van der Waals surface area contributed by atoms with E-state index in [1.807, 2.05) is 25.1 Å². The fraction of sp³-hybridized carbons (Fsp3) is 0.182. The Labute approximate surface area is 96.2 Å². The van der Waals surface area contributed by atoms with Crippen molar-refractivity contribution in [2.24, 2.45) is 5.16 Å². The van der Waals surface area contributed by atoms with Crippen LogP contribution in [0, 0.1) is 6.92 Å². The summed E-state index contributed by atoms with van der Waals surface area (Å²) in [6.45, 7) is 3.34. The molecule has 0 aliphatic carbocycles. The van der Waals surface area contributed by atoms with E-state index in [9.17, 15) is 4.79 Å². The zero-order valence-corrected chi connectivity index (χ0v) is 9.71. The van der Waals surface area contributed by atoms with Crippen LogP contribution in [0.1, 0.15) is 17.5 Å². The summed E-state index contributed by atoms with van der Waals surface area (Å²) in [5.74, 6) is -0.293. The second kappa shape index (κ2) is 4.02. The number of thiazole rings is 1. The molecule has 1 N–H and O–H groups in total. The van der Waals surface area contributed by atoms with Gasteiger partial charge in [-0.1, -0.05) is 11.2 Å². The van der Waals surface area contributed by atoms with Crippen LogP contribution in [0.3, 0.4) is 0 Å². The van der Waals surface area contributed by atoms with Crippen LogP contribution in [-0.4, -0.2) is 21.7 Å². The SMILES string of the molecule is CC(=O)C(=NO)c1nc2ccc(C)cc2s1. The molecule has 0 spiro atoms. The number of aromatic nitrogens is 1. The number of Topliss-reactive ketones (excluding diaryl/α,β-unsaturated/α-hetero) is 1. The molecule has 0 saturated carbocycles. The van der Waals surface area contributed by atoms with Gasteiger partial charge in [-0.25, -0.2) is 4.98 Å². The molecule has 0 aliphatic rings. The number of rotatable bonds is 2. The van der Waals surface area contributed by atoms with Crippen LogP contribution < -0.4 is 0 Å². The molecule has 0 aliphatic heterocycles. The van der Waals surface area contributed by atoms with Gasteiger partial charge in [0.2, 0.25) is 0 Å². The predicted molar refractivity (Wildman–Crippen MR) is 63.4 cm³/mol. The van der Waals surface area contributed by atoms with E-state index in [1.54, 1.807) is 0 Å². The first-order valence-electron chi connectivity index (χ1n) is 4.72. The Morgan fingerprint density at radius 3 is 2.88 bits per heavy atom. The maximum Gasteiger partial charge on any atom is 0.184 e. The topological polar surface area (TPSA) is 62.5 Å². The van der Waals surface area contributed by atoms with Crippen molar-refractivity contribution in [1.29, 1.82) is 0 Å². The normalized spacial score (nSPS) is 12.0. The zero-order valence-electron chi connectivity index (χ0n) is 8.89. The average molecular weight is 234 g/mol. The Balaban J connectivity index is 2.59. The fourth-order valence-corrected chi connectivity index (χ4v) is 2.49. The van der Waals surface area contributed by atoms with Crippen LogP contribution in [0.4, 0.5) is 0 Å². The second-order valence-corrected chi connectivity index (χ2v) is 4.53. The third kappa shape index (κ3) is 1.81. The van der Waals surface area contributed by atoms with Crippen LogP contribution in [0.5, 0.6) is 0 Å². The molecule has 1 aromatic heterocycles. The van der Waals surface area contributed by atoms with Crippen molar-refractivity contribution in [2.75, 3.05) is 0 Å². The van der Waals surface area contributed by atoms with Crippen LogP contribution in [0.25, 0.3) is 10.2 Å². The molecule has 0 radical (unpaired) electrons. The number of carbonyl (C=O) groups is 1. The maximum atomic E-state index is 11.2. The van der Waals surface area contributed by atoms with Crippen LogP contribution in [-0.2, 0) is 4.79 Å². The Morgan fingerprint density at radius 2 is 2.25 bits per heavy atom. The number of aryl methyl sites for hydroxylation is 1. The number of carbonyl (C=O) groups excluding carboxylic acids is 1. The molecule has 0 unspecified atom stereocenters. The van der Waals surface area contributed by atoms with Crippen molar-refractivity contribution in [3.05, 3.63) is 28.8 Å². The summed E-state index contributed by atoms with van der Waals surface area (Å²) in [5, 5.41) is 12.2. The Morgan fingerprint density at radius 1 is 1.50 bits per heavy atom. The van der Waals surface area contributed by atoms with Gasteiger partial charge in [-0.2, -0.15) is 0 Å². The van der Waals surface area contributed by atoms with Gasteiger partial charge in [0.1, 0.15) is 5.01 Å². The molecular weight excluding hydrogens is 224 g/mol. The first-order chi connectivity index (χ1) is 7.61. The minimum atomic E-state index is -0.293. The smallest absolute Gasteiger partial charge is 0.184 e. The lowest BCUT2D eigenvalue weighted by Gasteiger charge is -1.91. The first-order valence-corrected chi connectivity index (χ1v) is 5.54. The molecule has 0 saturated heterocycles. The molecule has 0 bridgehead atoms. The number of fused-ring (bicyclic) bond motifs is 1. The van der Waals surface area contributed by atoms with E-state index >= 15 is 0 Å². The highest BCUT2D eigenvalue weighted by Crippen LogP contribution is 2.23. The molecule has 16 heavy (non-hydrogen) atoms. The van der Waals surface area contributed by atoms with E-state index in [-0.39, 0.29) is 11.5 Å². The van der Waals surface area contributed by atoms with Crippen LogP contribution >= 0.6 is 11.3 Å². The molecule has 1 heterocycles. The lowest BCUT2D eigenvalue weighted by molar-refractivity contribution is -0.111. The van der Waals surface area contributed by atoms with E-state index in [2.05, 4.69) is 10.1 Å². The Bertz CT molecular complexity index is 587. The summed E-state index contributed by atoms with van der Waals surface area (Å²) in [7, 11) is 0. The van der Waals surface area contributed by atoms with Gasteiger partial charge >= 0.3 is 0 Å². The first kappa shape index (κ1) is 10.8. The molecule has 0 fully saturated rings. The largest absolute Gasteiger partial charge is 0.410 e. The third-order valence-electron chi connectivity index (χ3n) is 2.18. The summed E-state index contributed by atoms with van der Waals surface area (Å²) < 4.78 is 0.984. The lowest BCUT2D eigenvalue weighted by Crippen LogP contribution is -2.10. The minimum Gasteiger partial charge on any atom is -0.410 e. The molecule has 82 valence electrons. The maximum absolute atomic E-state index is 11.2. The van der Waals surface area contributed by atoms with E-state index in [1.165, 1.54) is 18.3 Å². The number of ketones is 1. The van der Waals surface area contributed by atoms with Crippen molar-refractivity contribution < 1.29 is 10.0 Å². The van der Waals surface area contributed by atoms with Gasteiger partial charge in [-0.3, -0.25) is 4.79 Å². The van der Waals surface area contributed by atoms with Gasteiger partial charge in [-0.15, -0.1) is 11.3 Å². The number of benzene rings is 1. The summed E-state index contributed by atoms with van der Waals surface area (Å²) in [4.78, 5) is 15.4. The molecule has 2 rings (SSSR count). The van der Waals surface area contributed by atoms with E-state index in [0.717, 1.165) is 15.8 Å². The predicted octanol–water partition coefficient (Wildman–Crippen LogP) is 2.37. The second-order valence-electron chi connectivity index (χ2n) is 3.49. The van der Waals surface area contributed by atoms with E-state index < -0.39 is 0 Å². The van der Waals surface area contributed by atoms with Crippen molar-refractivity contribution in [3.8, 4) is 0 Å². The highest BCUT2D eigenvalue weighted by molar-refractivity contribution is 7.21. The number of hydrogen-bond acceptors (Lipinski definition) is 5. The summed E-state index contributed by atoms with van der Waals surface area (Å²) >= 11 is 1.35. The molecule has 1 aromatic carbocycles. The van der Waals surface area contributed by atoms with Crippen LogP contribution in [0.2, 0.25) is 0 Å². The summed E-state index contributed by atoms with van der Waals surface area (Å²) in [6.07, 6.45) is 0. The minimum absolute atomic E-state index is 0.0128. The molecule has 5 heteroatoms. The van der Waals surface area contributed by atoms with Gasteiger partial charge in [0.25, 0.3) is 0 Å². The molecule has 2 aromatic rings. The summed E-state index contributed by atoms with van der Waals surface area (Å²) in [5.41, 5.74) is 1.96. The number of oxime groups is 1. The van der Waals surface area contributed by atoms with E-state index in [0.29, 0.717) is 5.01 Å². The average Bonchev–Trinajstić information content (AvgIpc) is 2.60. The summed E-state index contributed by atoms with van der Waals surface area (Å²) in [6, 6.07) is 5.83. The molecular formula is C11H10N2O2S. The quantitative estimate of drug-likeness (QED) is 0.493. The van der Waals surface area contributed by atoms with Gasteiger partial charge < -0.3 is 5.21 Å². The highest BCUT2D eigenvalue weighted by Gasteiger charge is 2.15. The zero-order chi connectivity index (χ0) is 11.7. The number of nitrogens with zero attached hydrogens (tertiary/aromatic N) is 2. The van der Waals surface area contributed by atoms with E-state index in [4.69, 9.17) is 5.21 Å². The van der Waals surface area contributed by atoms with Gasteiger partial charge in [-0.05, 0) is 24.6 Å². The Hall–Kier alpha value is -1.75. The van der Waals surface area contributed by atoms with Gasteiger partial charge in [0, 0.05) is 6.92 Å². The number of hydrogen-bond donors (Lipinski definition) is 1. The molecule has 0 amide bonds. The molecule has 0 atom stereocenters. The van der Waals surface area contributed by atoms with Crippen molar-refractivity contribution in [1.82, 2.24) is 4.98 Å². The van der Waals surface area contributed by atoms with Gasteiger partial charge in [0.05, 0.1) is 10.2 Å². The van der Waals surface area contributed by atoms with Crippen molar-refractivity contribution in [2.45, 2.75) is 13.8 Å². The lowest BCUT2D eigenvalue weighted by atomic mass is 10.2. The van der Waals surface area contributed by atoms with Gasteiger partial charge in [0.15, 0.2) is 11.5 Å². The molecule has 4 nitrogen and oxygen atoms in total. The van der Waals surface area contributed by atoms with Crippen molar-refractivity contribution >= 4 is 33.0 Å². The van der Waals surface area contributed by atoms with Crippen LogP contribution in [0.15, 0.2) is 23.4 Å². The van der Waals surface area contributed by atoms with Crippen molar-refractivity contribution in [3.63, 3.8) is 0 Å². The standard InChI is InChI=1S/C11H10N2O2S/c1-6-3-4-8-9(5-6)16-11(12-8)10(13-15)7(2)14/h3-5,15H,1-2H3. The highest BCUT2D eigenvalue weighted by atomic mass is 32.1. The Kier molecular flexibility index (Phi) is 2.70. The fourth-order valence-electron chi connectivity index (χ4n) is 1.40. The third-order valence-corrected chi connectivity index (χ3v) is 3.20.